The monoisotopic (exact) mass is 137 g/mol. The van der Waals surface area contributed by atoms with E-state index in [1.807, 2.05) is 0 Å². The molecular weight excluding hydrogens is 122 g/mol. The standard InChI is InChI=1S/C9H15N/c1-10(2)9-4-3-7-5-8(7)6-9/h5,8-9H,3-4,6H2,1-2H3/t8-,9-/m1/s1. The van der Waals surface area contributed by atoms with Crippen molar-refractivity contribution in [2.75, 3.05) is 14.1 Å². The number of fused-ring (bicyclic) bond motifs is 1. The molecule has 0 heterocycles. The Morgan fingerprint density at radius 1 is 1.50 bits per heavy atom. The van der Waals surface area contributed by atoms with Crippen molar-refractivity contribution in [3.05, 3.63) is 11.6 Å². The minimum absolute atomic E-state index is 0.854. The molecule has 56 valence electrons. The van der Waals surface area contributed by atoms with Gasteiger partial charge >= 0.3 is 0 Å². The fraction of sp³-hybridized carbons (Fsp3) is 0.778. The fourth-order valence-corrected chi connectivity index (χ4v) is 1.91. The van der Waals surface area contributed by atoms with Crippen LogP contribution in [0.1, 0.15) is 19.3 Å². The van der Waals surface area contributed by atoms with Crippen molar-refractivity contribution in [1.82, 2.24) is 4.90 Å². The number of rotatable bonds is 1. The number of nitrogens with zero attached hydrogens (tertiary/aromatic N) is 1. The average Bonchev–Trinajstić information content (AvgIpc) is 2.63. The maximum Gasteiger partial charge on any atom is 0.0101 e. The Hall–Kier alpha value is -0.300. The maximum atomic E-state index is 2.43. The second kappa shape index (κ2) is 2.09. The van der Waals surface area contributed by atoms with E-state index in [4.69, 9.17) is 0 Å². The second-order valence-corrected chi connectivity index (χ2v) is 3.74. The molecule has 0 radical (unpaired) electrons. The second-order valence-electron chi connectivity index (χ2n) is 3.74. The van der Waals surface area contributed by atoms with Gasteiger partial charge in [-0.3, -0.25) is 0 Å². The zero-order chi connectivity index (χ0) is 7.14. The van der Waals surface area contributed by atoms with Crippen molar-refractivity contribution in [3.8, 4) is 0 Å². The van der Waals surface area contributed by atoms with Crippen LogP contribution in [0.25, 0.3) is 0 Å². The lowest BCUT2D eigenvalue weighted by molar-refractivity contribution is 0.244. The Kier molecular flexibility index (Phi) is 1.34. The highest BCUT2D eigenvalue weighted by Gasteiger charge is 2.32. The Morgan fingerprint density at radius 3 is 2.90 bits per heavy atom. The largest absolute Gasteiger partial charge is 0.306 e. The molecule has 0 amide bonds. The molecule has 2 aliphatic rings. The van der Waals surface area contributed by atoms with Gasteiger partial charge in [0.1, 0.15) is 0 Å². The first-order valence-corrected chi connectivity index (χ1v) is 4.14. The highest BCUT2D eigenvalue weighted by atomic mass is 15.1. The van der Waals surface area contributed by atoms with Crippen LogP contribution in [-0.4, -0.2) is 25.0 Å². The highest BCUT2D eigenvalue weighted by molar-refractivity contribution is 5.31. The number of hydrogen-bond acceptors (Lipinski definition) is 1. The third-order valence-corrected chi connectivity index (χ3v) is 2.80. The van der Waals surface area contributed by atoms with Gasteiger partial charge in [-0.1, -0.05) is 11.6 Å². The Bertz CT molecular complexity index is 170. The molecule has 0 N–H and O–H groups in total. The third kappa shape index (κ3) is 0.988. The van der Waals surface area contributed by atoms with E-state index in [0.29, 0.717) is 0 Å². The minimum Gasteiger partial charge on any atom is -0.306 e. The molecule has 1 nitrogen and oxygen atoms in total. The zero-order valence-corrected chi connectivity index (χ0v) is 6.80. The summed E-state index contributed by atoms with van der Waals surface area (Å²) in [6.45, 7) is 0. The van der Waals surface area contributed by atoms with Crippen molar-refractivity contribution in [2.24, 2.45) is 5.92 Å². The predicted molar refractivity (Wildman–Crippen MR) is 42.9 cm³/mol. The minimum atomic E-state index is 0.854. The van der Waals surface area contributed by atoms with Gasteiger partial charge in [-0.2, -0.15) is 0 Å². The summed E-state index contributed by atoms with van der Waals surface area (Å²) in [5.41, 5.74) is 1.73. The molecule has 1 saturated carbocycles. The van der Waals surface area contributed by atoms with Gasteiger partial charge in [0.05, 0.1) is 0 Å². The summed E-state index contributed by atoms with van der Waals surface area (Å²) in [6, 6.07) is 0.854. The van der Waals surface area contributed by atoms with Crippen molar-refractivity contribution in [3.63, 3.8) is 0 Å². The fourth-order valence-electron chi connectivity index (χ4n) is 1.91. The van der Waals surface area contributed by atoms with Crippen LogP contribution in [-0.2, 0) is 0 Å². The van der Waals surface area contributed by atoms with Gasteiger partial charge in [-0.15, -0.1) is 0 Å². The summed E-state index contributed by atoms with van der Waals surface area (Å²) >= 11 is 0. The van der Waals surface area contributed by atoms with E-state index in [-0.39, 0.29) is 0 Å². The SMILES string of the molecule is CN(C)[C@@H]1CCC2=C[C@@H]2C1. The summed E-state index contributed by atoms with van der Waals surface area (Å²) in [5.74, 6) is 0.918. The molecule has 2 rings (SSSR count). The van der Waals surface area contributed by atoms with Gasteiger partial charge in [-0.25, -0.2) is 0 Å². The first-order valence-electron chi connectivity index (χ1n) is 4.14. The van der Waals surface area contributed by atoms with E-state index in [9.17, 15) is 0 Å². The molecule has 0 aromatic heterocycles. The summed E-state index contributed by atoms with van der Waals surface area (Å²) in [6.07, 6.45) is 6.58. The average molecular weight is 137 g/mol. The van der Waals surface area contributed by atoms with Crippen LogP contribution < -0.4 is 0 Å². The zero-order valence-electron chi connectivity index (χ0n) is 6.80. The van der Waals surface area contributed by atoms with Gasteiger partial charge in [0.2, 0.25) is 0 Å². The van der Waals surface area contributed by atoms with E-state index in [1.165, 1.54) is 19.3 Å². The molecule has 0 unspecified atom stereocenters. The summed E-state index contributed by atoms with van der Waals surface area (Å²) in [5, 5.41) is 0. The van der Waals surface area contributed by atoms with Gasteiger partial charge in [0.25, 0.3) is 0 Å². The van der Waals surface area contributed by atoms with Crippen molar-refractivity contribution >= 4 is 0 Å². The molecule has 1 heteroatoms. The highest BCUT2D eigenvalue weighted by Crippen LogP contribution is 2.42. The van der Waals surface area contributed by atoms with Gasteiger partial charge in [-0.05, 0) is 39.3 Å². The summed E-state index contributed by atoms with van der Waals surface area (Å²) in [4.78, 5) is 2.36. The van der Waals surface area contributed by atoms with Gasteiger partial charge in [0, 0.05) is 6.04 Å². The quantitative estimate of drug-likeness (QED) is 0.497. The lowest BCUT2D eigenvalue weighted by Crippen LogP contribution is -2.30. The van der Waals surface area contributed by atoms with E-state index in [1.54, 1.807) is 5.57 Å². The van der Waals surface area contributed by atoms with Crippen LogP contribution in [0.5, 0.6) is 0 Å². The normalized spacial score (nSPS) is 37.3. The lowest BCUT2D eigenvalue weighted by atomic mass is 9.94. The summed E-state index contributed by atoms with van der Waals surface area (Å²) in [7, 11) is 4.38. The molecule has 2 aliphatic carbocycles. The van der Waals surface area contributed by atoms with E-state index < -0.39 is 0 Å². The van der Waals surface area contributed by atoms with Crippen molar-refractivity contribution in [1.29, 1.82) is 0 Å². The molecule has 0 aromatic carbocycles. The van der Waals surface area contributed by atoms with Crippen molar-refractivity contribution in [2.45, 2.75) is 25.3 Å². The molecule has 0 bridgehead atoms. The molecule has 0 spiro atoms. The van der Waals surface area contributed by atoms with Gasteiger partial charge in [0.15, 0.2) is 0 Å². The van der Waals surface area contributed by atoms with Gasteiger partial charge < -0.3 is 4.90 Å². The Labute approximate surface area is 62.7 Å². The summed E-state index contributed by atoms with van der Waals surface area (Å²) < 4.78 is 0. The van der Waals surface area contributed by atoms with Crippen LogP contribution in [0, 0.1) is 5.92 Å². The van der Waals surface area contributed by atoms with Crippen LogP contribution in [0.4, 0.5) is 0 Å². The first-order chi connectivity index (χ1) is 4.77. The molecule has 0 aromatic rings. The third-order valence-electron chi connectivity index (χ3n) is 2.80. The Balaban J connectivity index is 1.90. The molecule has 2 atom stereocenters. The molecule has 0 saturated heterocycles. The Morgan fingerprint density at radius 2 is 2.30 bits per heavy atom. The first kappa shape index (κ1) is 6.41. The van der Waals surface area contributed by atoms with Crippen LogP contribution in [0.15, 0.2) is 11.6 Å². The molecular formula is C9H15N. The molecule has 0 aliphatic heterocycles. The van der Waals surface area contributed by atoms with Crippen molar-refractivity contribution < 1.29 is 0 Å². The van der Waals surface area contributed by atoms with Crippen LogP contribution in [0.2, 0.25) is 0 Å². The lowest BCUT2D eigenvalue weighted by Gasteiger charge is -2.27. The number of allylic oxidation sites excluding steroid dienone is 2. The number of hydrogen-bond donors (Lipinski definition) is 0. The topological polar surface area (TPSA) is 3.24 Å². The van der Waals surface area contributed by atoms with Crippen LogP contribution >= 0.6 is 0 Å². The maximum absolute atomic E-state index is 2.43. The van der Waals surface area contributed by atoms with E-state index in [0.717, 1.165) is 12.0 Å². The smallest absolute Gasteiger partial charge is 0.0101 e. The van der Waals surface area contributed by atoms with E-state index in [2.05, 4.69) is 25.1 Å². The van der Waals surface area contributed by atoms with E-state index >= 15 is 0 Å². The predicted octanol–water partition coefficient (Wildman–Crippen LogP) is 1.66. The van der Waals surface area contributed by atoms with Crippen LogP contribution in [0.3, 0.4) is 0 Å². The molecule has 10 heavy (non-hydrogen) atoms. The molecule has 1 fully saturated rings.